The number of fused-ring (bicyclic) bond motifs is 1. The summed E-state index contributed by atoms with van der Waals surface area (Å²) in [6.07, 6.45) is -0.790. The van der Waals surface area contributed by atoms with Gasteiger partial charge in [-0.15, -0.1) is 10.2 Å². The van der Waals surface area contributed by atoms with E-state index < -0.39 is 17.8 Å². The Morgan fingerprint density at radius 2 is 1.97 bits per heavy atom. The van der Waals surface area contributed by atoms with Gasteiger partial charge in [-0.2, -0.15) is 13.2 Å². The number of hydrogen-bond acceptors (Lipinski definition) is 4. The van der Waals surface area contributed by atoms with E-state index in [-0.39, 0.29) is 11.6 Å². The average Bonchev–Trinajstić information content (AvgIpc) is 3.37. The first-order valence-electron chi connectivity index (χ1n) is 9.85. The lowest BCUT2D eigenvalue weighted by Gasteiger charge is -2.23. The van der Waals surface area contributed by atoms with Crippen LogP contribution in [0, 0.1) is 0 Å². The molecule has 0 saturated carbocycles. The summed E-state index contributed by atoms with van der Waals surface area (Å²) < 4.78 is 46.7. The Kier molecular flexibility index (Phi) is 5.36. The molecule has 1 fully saturated rings. The standard InChI is InChI=1S/C21H21F3N4O2/c1-2-13-30-15-9-7-14(8-10-15)20(29)27-11-4-6-17(27)19-26-25-18-16(21(22,23)24)5-3-12-28(18)19/h3,5,7-10,12,17H,2,4,6,11,13H2,1H3. The molecule has 1 aromatic carbocycles. The molecule has 0 bridgehead atoms. The van der Waals surface area contributed by atoms with Crippen molar-refractivity contribution in [3.63, 3.8) is 0 Å². The molecule has 1 unspecified atom stereocenters. The number of benzene rings is 1. The number of rotatable bonds is 5. The molecule has 1 amide bonds. The number of pyridine rings is 1. The van der Waals surface area contributed by atoms with Crippen LogP contribution in [0.25, 0.3) is 5.65 Å². The molecule has 9 heteroatoms. The molecule has 1 aliphatic rings. The third-order valence-corrected chi connectivity index (χ3v) is 5.15. The number of nitrogens with zero attached hydrogens (tertiary/aromatic N) is 4. The van der Waals surface area contributed by atoms with E-state index in [9.17, 15) is 18.0 Å². The summed E-state index contributed by atoms with van der Waals surface area (Å²) in [5.41, 5.74) is -0.602. The maximum absolute atomic E-state index is 13.3. The highest BCUT2D eigenvalue weighted by molar-refractivity contribution is 5.94. The van der Waals surface area contributed by atoms with Crippen LogP contribution in [0.2, 0.25) is 0 Å². The van der Waals surface area contributed by atoms with Crippen molar-refractivity contribution in [1.82, 2.24) is 19.5 Å². The number of carbonyl (C=O) groups excluding carboxylic acids is 1. The van der Waals surface area contributed by atoms with E-state index in [0.29, 0.717) is 36.7 Å². The molecule has 4 rings (SSSR count). The summed E-state index contributed by atoms with van der Waals surface area (Å²) in [7, 11) is 0. The van der Waals surface area contributed by atoms with Crippen molar-refractivity contribution in [2.24, 2.45) is 0 Å². The first kappa shape index (κ1) is 20.2. The van der Waals surface area contributed by atoms with Gasteiger partial charge in [-0.05, 0) is 55.7 Å². The average molecular weight is 418 g/mol. The molecule has 2 aromatic heterocycles. The highest BCUT2D eigenvalue weighted by Gasteiger charge is 2.37. The van der Waals surface area contributed by atoms with Gasteiger partial charge in [-0.3, -0.25) is 9.20 Å². The van der Waals surface area contributed by atoms with Gasteiger partial charge in [0.05, 0.1) is 12.6 Å². The second kappa shape index (κ2) is 7.97. The quantitative estimate of drug-likeness (QED) is 0.612. The lowest BCUT2D eigenvalue weighted by molar-refractivity contribution is -0.136. The van der Waals surface area contributed by atoms with Crippen LogP contribution in [0.3, 0.4) is 0 Å². The molecular formula is C21H21F3N4O2. The van der Waals surface area contributed by atoms with E-state index in [0.717, 1.165) is 18.9 Å². The van der Waals surface area contributed by atoms with E-state index >= 15 is 0 Å². The van der Waals surface area contributed by atoms with Gasteiger partial charge in [0.2, 0.25) is 0 Å². The van der Waals surface area contributed by atoms with Crippen molar-refractivity contribution in [3.8, 4) is 5.75 Å². The monoisotopic (exact) mass is 418 g/mol. The smallest absolute Gasteiger partial charge is 0.420 e. The molecule has 0 radical (unpaired) electrons. The fraction of sp³-hybridized carbons (Fsp3) is 0.381. The molecule has 3 aromatic rings. The van der Waals surface area contributed by atoms with Crippen LogP contribution >= 0.6 is 0 Å². The van der Waals surface area contributed by atoms with E-state index in [1.54, 1.807) is 29.2 Å². The molecule has 0 spiro atoms. The maximum Gasteiger partial charge on any atom is 0.420 e. The van der Waals surface area contributed by atoms with Gasteiger partial charge < -0.3 is 9.64 Å². The Balaban J connectivity index is 1.62. The molecule has 1 atom stereocenters. The second-order valence-electron chi connectivity index (χ2n) is 7.20. The van der Waals surface area contributed by atoms with E-state index in [4.69, 9.17) is 4.74 Å². The summed E-state index contributed by atoms with van der Waals surface area (Å²) in [5.74, 6) is 0.836. The fourth-order valence-electron chi connectivity index (χ4n) is 3.74. The van der Waals surface area contributed by atoms with E-state index in [1.807, 2.05) is 6.92 Å². The summed E-state index contributed by atoms with van der Waals surface area (Å²) >= 11 is 0. The van der Waals surface area contributed by atoms with E-state index in [1.165, 1.54) is 16.7 Å². The number of aromatic nitrogens is 3. The molecule has 158 valence electrons. The molecule has 1 aliphatic heterocycles. The van der Waals surface area contributed by atoms with Crippen molar-refractivity contribution in [3.05, 3.63) is 59.5 Å². The first-order valence-corrected chi connectivity index (χ1v) is 9.85. The topological polar surface area (TPSA) is 59.7 Å². The molecule has 0 N–H and O–H groups in total. The van der Waals surface area contributed by atoms with Crippen LogP contribution in [0.1, 0.15) is 54.0 Å². The zero-order chi connectivity index (χ0) is 21.3. The van der Waals surface area contributed by atoms with Crippen LogP contribution in [0.15, 0.2) is 42.6 Å². The minimum absolute atomic E-state index is 0.191. The van der Waals surface area contributed by atoms with Crippen LogP contribution in [0.5, 0.6) is 5.75 Å². The normalized spacial score (nSPS) is 16.9. The Morgan fingerprint density at radius 3 is 2.67 bits per heavy atom. The SMILES string of the molecule is CCCOc1ccc(C(=O)N2CCCC2c2nnc3c(C(F)(F)F)cccn23)cc1. The zero-order valence-electron chi connectivity index (χ0n) is 16.4. The highest BCUT2D eigenvalue weighted by Crippen LogP contribution is 2.36. The lowest BCUT2D eigenvalue weighted by Crippen LogP contribution is -2.31. The van der Waals surface area contributed by atoms with Gasteiger partial charge >= 0.3 is 6.18 Å². The Labute approximate surface area is 171 Å². The molecule has 1 saturated heterocycles. The summed E-state index contributed by atoms with van der Waals surface area (Å²) in [5, 5.41) is 7.80. The van der Waals surface area contributed by atoms with Gasteiger partial charge in [0, 0.05) is 18.3 Å². The molecule has 3 heterocycles. The van der Waals surface area contributed by atoms with Crippen LogP contribution in [-0.2, 0) is 6.18 Å². The van der Waals surface area contributed by atoms with Crippen molar-refractivity contribution >= 4 is 11.6 Å². The Morgan fingerprint density at radius 1 is 1.20 bits per heavy atom. The largest absolute Gasteiger partial charge is 0.494 e. The fourth-order valence-corrected chi connectivity index (χ4v) is 3.74. The highest BCUT2D eigenvalue weighted by atomic mass is 19.4. The predicted molar refractivity (Wildman–Crippen MR) is 103 cm³/mol. The summed E-state index contributed by atoms with van der Waals surface area (Å²) in [6, 6.07) is 8.75. The number of likely N-dealkylation sites (tertiary alicyclic amines) is 1. The zero-order valence-corrected chi connectivity index (χ0v) is 16.4. The molecule has 6 nitrogen and oxygen atoms in total. The van der Waals surface area contributed by atoms with Crippen LogP contribution in [-0.4, -0.2) is 38.6 Å². The minimum Gasteiger partial charge on any atom is -0.494 e. The number of ether oxygens (including phenoxy) is 1. The number of alkyl halides is 3. The number of halogens is 3. The third kappa shape index (κ3) is 3.71. The Hall–Kier alpha value is -3.10. The van der Waals surface area contributed by atoms with Gasteiger partial charge in [0.25, 0.3) is 5.91 Å². The van der Waals surface area contributed by atoms with Crippen molar-refractivity contribution < 1.29 is 22.7 Å². The Bertz CT molecular complexity index is 1050. The van der Waals surface area contributed by atoms with Gasteiger partial charge in [-0.25, -0.2) is 0 Å². The van der Waals surface area contributed by atoms with Gasteiger partial charge in [0.15, 0.2) is 11.5 Å². The third-order valence-electron chi connectivity index (χ3n) is 5.15. The number of hydrogen-bond donors (Lipinski definition) is 0. The van der Waals surface area contributed by atoms with Crippen LogP contribution < -0.4 is 4.74 Å². The first-order chi connectivity index (χ1) is 14.4. The summed E-state index contributed by atoms with van der Waals surface area (Å²) in [4.78, 5) is 14.7. The van der Waals surface area contributed by atoms with Crippen molar-refractivity contribution in [2.45, 2.75) is 38.4 Å². The second-order valence-corrected chi connectivity index (χ2v) is 7.20. The minimum atomic E-state index is -4.53. The molecule has 0 aliphatic carbocycles. The van der Waals surface area contributed by atoms with E-state index in [2.05, 4.69) is 10.2 Å². The van der Waals surface area contributed by atoms with Crippen molar-refractivity contribution in [2.75, 3.05) is 13.2 Å². The van der Waals surface area contributed by atoms with Gasteiger partial charge in [-0.1, -0.05) is 6.92 Å². The number of amides is 1. The molecule has 30 heavy (non-hydrogen) atoms. The van der Waals surface area contributed by atoms with Crippen LogP contribution in [0.4, 0.5) is 13.2 Å². The van der Waals surface area contributed by atoms with Gasteiger partial charge in [0.1, 0.15) is 11.3 Å². The maximum atomic E-state index is 13.3. The lowest BCUT2D eigenvalue weighted by atomic mass is 10.1. The summed E-state index contributed by atoms with van der Waals surface area (Å²) in [6.45, 7) is 3.12. The number of carbonyl (C=O) groups is 1. The molecular weight excluding hydrogens is 397 g/mol. The van der Waals surface area contributed by atoms with Crippen molar-refractivity contribution in [1.29, 1.82) is 0 Å². The predicted octanol–water partition coefficient (Wildman–Crippen LogP) is 4.51.